The molecular formula is C19H18N4O4. The molecule has 0 heterocycles. The number of anilines is 1. The number of quaternary nitrogens is 2. The Morgan fingerprint density at radius 1 is 0.741 bits per heavy atom. The van der Waals surface area contributed by atoms with Gasteiger partial charge in [0.05, 0.1) is 17.5 Å². The lowest BCUT2D eigenvalue weighted by Crippen LogP contribution is -3.00. The Kier molecular flexibility index (Phi) is 5.89. The first kappa shape index (κ1) is 18.7. The van der Waals surface area contributed by atoms with Crippen molar-refractivity contribution in [1.82, 2.24) is 0 Å². The van der Waals surface area contributed by atoms with Crippen LogP contribution in [0.2, 0.25) is 0 Å². The molecule has 27 heavy (non-hydrogen) atoms. The first-order valence-corrected chi connectivity index (χ1v) is 8.11. The molecule has 3 aromatic carbocycles. The summed E-state index contributed by atoms with van der Waals surface area (Å²) in [7, 11) is 0. The van der Waals surface area contributed by atoms with E-state index in [2.05, 4.69) is 10.5 Å². The van der Waals surface area contributed by atoms with Crippen molar-refractivity contribution in [2.75, 3.05) is 5.43 Å². The van der Waals surface area contributed by atoms with Crippen LogP contribution in [-0.2, 0) is 0 Å². The van der Waals surface area contributed by atoms with Crippen LogP contribution in [0.3, 0.4) is 0 Å². The van der Waals surface area contributed by atoms with Gasteiger partial charge in [-0.3, -0.25) is 5.43 Å². The van der Waals surface area contributed by atoms with Crippen molar-refractivity contribution >= 4 is 22.8 Å². The van der Waals surface area contributed by atoms with E-state index < -0.39 is 10.5 Å². The van der Waals surface area contributed by atoms with Crippen LogP contribution in [0.15, 0.2) is 84.0 Å². The Hall–Kier alpha value is -3.11. The van der Waals surface area contributed by atoms with Gasteiger partial charge in [-0.2, -0.15) is 15.6 Å². The van der Waals surface area contributed by atoms with Crippen molar-refractivity contribution < 1.29 is 20.9 Å². The van der Waals surface area contributed by atoms with Crippen LogP contribution in [0.5, 0.6) is 0 Å². The summed E-state index contributed by atoms with van der Waals surface area (Å²) in [6.45, 7) is 0. The second kappa shape index (κ2) is 8.52. The third-order valence-electron chi connectivity index (χ3n) is 3.82. The maximum atomic E-state index is 11.3. The van der Waals surface area contributed by atoms with Crippen LogP contribution >= 0.6 is 0 Å². The monoisotopic (exact) mass is 366 g/mol. The highest BCUT2D eigenvalue weighted by molar-refractivity contribution is 6.13. The molecule has 0 radical (unpaired) electrons. The van der Waals surface area contributed by atoms with E-state index in [1.807, 2.05) is 60.7 Å². The van der Waals surface area contributed by atoms with Crippen LogP contribution in [0.25, 0.3) is 0 Å². The van der Waals surface area contributed by atoms with Gasteiger partial charge in [-0.15, -0.1) is 0 Å². The molecule has 0 bridgehead atoms. The normalized spacial score (nSPS) is 12.9. The van der Waals surface area contributed by atoms with Gasteiger partial charge < -0.3 is 10.4 Å². The molecule has 8 heteroatoms. The zero-order chi connectivity index (χ0) is 19.2. The van der Waals surface area contributed by atoms with Crippen molar-refractivity contribution in [1.29, 1.82) is 0 Å². The summed E-state index contributed by atoms with van der Waals surface area (Å²) in [5.74, 6) is 0. The minimum Gasteiger partial charge on any atom is -0.595 e. The van der Waals surface area contributed by atoms with E-state index in [9.17, 15) is 20.8 Å². The molecule has 0 saturated heterocycles. The lowest BCUT2D eigenvalue weighted by Gasteiger charge is -2.17. The minimum absolute atomic E-state index is 0.131. The fourth-order valence-corrected chi connectivity index (χ4v) is 2.55. The van der Waals surface area contributed by atoms with E-state index in [1.54, 1.807) is 0 Å². The largest absolute Gasteiger partial charge is 0.595 e. The number of nitrogens with one attached hydrogen (secondary N) is 3. The number of hydrogen-bond acceptors (Lipinski definition) is 6. The molecule has 0 aliphatic heterocycles. The molecule has 3 rings (SSSR count). The van der Waals surface area contributed by atoms with Crippen molar-refractivity contribution in [3.63, 3.8) is 0 Å². The molecule has 138 valence electrons. The summed E-state index contributed by atoms with van der Waals surface area (Å²) in [6, 6.07) is 22.8. The molecule has 0 aromatic heterocycles. The summed E-state index contributed by atoms with van der Waals surface area (Å²) in [4.78, 5) is 0. The third-order valence-corrected chi connectivity index (χ3v) is 3.82. The predicted octanol–water partition coefficient (Wildman–Crippen LogP) is 1.36. The smallest absolute Gasteiger partial charge is 0.172 e. The van der Waals surface area contributed by atoms with Crippen LogP contribution < -0.4 is 15.9 Å². The van der Waals surface area contributed by atoms with Crippen LogP contribution in [-0.4, -0.2) is 16.1 Å². The fraction of sp³-hybridized carbons (Fsp3) is 0. The molecule has 0 saturated carbocycles. The number of hydrogen-bond donors (Lipinski definition) is 5. The van der Waals surface area contributed by atoms with Crippen LogP contribution in [0.4, 0.5) is 17.1 Å². The third kappa shape index (κ3) is 4.74. The molecule has 2 unspecified atom stereocenters. The Morgan fingerprint density at radius 3 is 1.59 bits per heavy atom. The molecule has 5 N–H and O–H groups in total. The summed E-state index contributed by atoms with van der Waals surface area (Å²) >= 11 is 0. The number of hydrazone groups is 1. The van der Waals surface area contributed by atoms with Gasteiger partial charge in [0.1, 0.15) is 0 Å². The van der Waals surface area contributed by atoms with Gasteiger partial charge in [-0.1, -0.05) is 60.7 Å². The molecule has 0 fully saturated rings. The van der Waals surface area contributed by atoms with E-state index in [-0.39, 0.29) is 17.1 Å². The van der Waals surface area contributed by atoms with Gasteiger partial charge in [0.15, 0.2) is 11.4 Å². The summed E-state index contributed by atoms with van der Waals surface area (Å²) in [5, 5.41) is 42.9. The summed E-state index contributed by atoms with van der Waals surface area (Å²) in [5.41, 5.74) is 5.18. The maximum Gasteiger partial charge on any atom is 0.172 e. The van der Waals surface area contributed by atoms with Crippen molar-refractivity contribution in [2.45, 2.75) is 0 Å². The molecule has 8 nitrogen and oxygen atoms in total. The SMILES string of the molecule is [O-][NH+](O)c1cc(NN=C(c2ccccc2)c2ccccc2)cc([NH+]([O-])O)c1. The van der Waals surface area contributed by atoms with E-state index in [4.69, 9.17) is 0 Å². The van der Waals surface area contributed by atoms with E-state index in [0.29, 0.717) is 5.71 Å². The first-order chi connectivity index (χ1) is 13.0. The average Bonchev–Trinajstić information content (AvgIpc) is 2.69. The highest BCUT2D eigenvalue weighted by Crippen LogP contribution is 2.19. The van der Waals surface area contributed by atoms with Gasteiger partial charge in [0.25, 0.3) is 0 Å². The maximum absolute atomic E-state index is 11.3. The van der Waals surface area contributed by atoms with Crippen molar-refractivity contribution in [2.24, 2.45) is 5.10 Å². The molecule has 0 aliphatic rings. The predicted molar refractivity (Wildman–Crippen MR) is 100 cm³/mol. The van der Waals surface area contributed by atoms with Crippen molar-refractivity contribution in [3.05, 3.63) is 100 Å². The zero-order valence-corrected chi connectivity index (χ0v) is 14.2. The van der Waals surface area contributed by atoms with E-state index in [1.165, 1.54) is 12.1 Å². The minimum atomic E-state index is -1.21. The first-order valence-electron chi connectivity index (χ1n) is 8.11. The Labute approximate surface area is 155 Å². The van der Waals surface area contributed by atoms with Gasteiger partial charge in [0.2, 0.25) is 0 Å². The van der Waals surface area contributed by atoms with E-state index >= 15 is 0 Å². The van der Waals surface area contributed by atoms with Gasteiger partial charge >= 0.3 is 0 Å². The molecular weight excluding hydrogens is 348 g/mol. The molecule has 0 aliphatic carbocycles. The summed E-state index contributed by atoms with van der Waals surface area (Å²) in [6.07, 6.45) is 0. The molecule has 3 aromatic rings. The Morgan fingerprint density at radius 2 is 1.19 bits per heavy atom. The molecule has 2 atom stereocenters. The highest BCUT2D eigenvalue weighted by Gasteiger charge is 2.11. The van der Waals surface area contributed by atoms with Gasteiger partial charge in [0, 0.05) is 23.3 Å². The van der Waals surface area contributed by atoms with Crippen molar-refractivity contribution in [3.8, 4) is 0 Å². The second-order valence-electron chi connectivity index (χ2n) is 5.71. The lowest BCUT2D eigenvalue weighted by atomic mass is 10.0. The summed E-state index contributed by atoms with van der Waals surface area (Å²) < 4.78 is 0. The second-order valence-corrected chi connectivity index (χ2v) is 5.71. The topological polar surface area (TPSA) is 120 Å². The lowest BCUT2D eigenvalue weighted by molar-refractivity contribution is -0.996. The zero-order valence-electron chi connectivity index (χ0n) is 14.2. The Balaban J connectivity index is 2.00. The number of benzene rings is 3. The average molecular weight is 366 g/mol. The van der Waals surface area contributed by atoms with Crippen LogP contribution in [0, 0.1) is 10.4 Å². The van der Waals surface area contributed by atoms with Gasteiger partial charge in [-0.25, -0.2) is 10.4 Å². The van der Waals surface area contributed by atoms with E-state index in [0.717, 1.165) is 17.2 Å². The number of nitrogens with zero attached hydrogens (tertiary/aromatic N) is 1. The number of rotatable bonds is 6. The molecule has 0 spiro atoms. The molecule has 0 amide bonds. The standard InChI is InChI=1S/C19H18N4O4/c24-22(25)17-11-16(12-18(13-17)23(26)27)20-21-19(14-7-3-1-4-8-14)15-9-5-2-6-10-15/h1-13,20,22-24,26H. The van der Waals surface area contributed by atoms with Crippen LogP contribution in [0.1, 0.15) is 11.1 Å². The quantitative estimate of drug-likeness (QED) is 0.333. The Bertz CT molecular complexity index is 848. The van der Waals surface area contributed by atoms with Gasteiger partial charge in [-0.05, 0) is 0 Å². The fourth-order valence-electron chi connectivity index (χ4n) is 2.55. The highest BCUT2D eigenvalue weighted by atomic mass is 16.8.